The molecule has 1 heterocycles. The van der Waals surface area contributed by atoms with Crippen molar-refractivity contribution in [2.75, 3.05) is 11.9 Å². The Balaban J connectivity index is 1.82. The maximum absolute atomic E-state index is 11.8. The number of nitrogens with zero attached hydrogens (tertiary/aromatic N) is 1. The number of benzene rings is 1. The molecule has 0 bridgehead atoms. The summed E-state index contributed by atoms with van der Waals surface area (Å²) in [5.41, 5.74) is 0.924. The van der Waals surface area contributed by atoms with Gasteiger partial charge in [0.15, 0.2) is 0 Å². The molecule has 1 N–H and O–H groups in total. The summed E-state index contributed by atoms with van der Waals surface area (Å²) in [7, 11) is 0. The van der Waals surface area contributed by atoms with Crippen LogP contribution >= 0.6 is 11.6 Å². The second kappa shape index (κ2) is 6.91. The molecule has 104 valence electrons. The predicted molar refractivity (Wildman–Crippen MR) is 79.2 cm³/mol. The van der Waals surface area contributed by atoms with Gasteiger partial charge in [-0.05, 0) is 30.7 Å². The summed E-state index contributed by atoms with van der Waals surface area (Å²) in [4.78, 5) is 15.9. The molecule has 0 aliphatic carbocycles. The maximum atomic E-state index is 11.8. The van der Waals surface area contributed by atoms with E-state index in [-0.39, 0.29) is 18.9 Å². The number of pyridine rings is 1. The highest BCUT2D eigenvalue weighted by Gasteiger charge is 2.06. The van der Waals surface area contributed by atoms with Crippen molar-refractivity contribution in [3.05, 3.63) is 53.2 Å². The number of anilines is 1. The largest absolute Gasteiger partial charge is 0.491 e. The zero-order valence-corrected chi connectivity index (χ0v) is 11.9. The fraction of sp³-hybridized carbons (Fsp3) is 0.200. The summed E-state index contributed by atoms with van der Waals surface area (Å²) in [6.45, 7) is 2.16. The van der Waals surface area contributed by atoms with Crippen LogP contribution in [-0.4, -0.2) is 17.5 Å². The summed E-state index contributed by atoms with van der Waals surface area (Å²) in [5, 5.41) is 3.28. The molecular formula is C15H15ClN2O2. The van der Waals surface area contributed by atoms with E-state index < -0.39 is 0 Å². The van der Waals surface area contributed by atoms with E-state index in [1.54, 1.807) is 18.3 Å². The highest BCUT2D eigenvalue weighted by molar-refractivity contribution is 6.32. The number of aryl methyl sites for hydroxylation is 1. The van der Waals surface area contributed by atoms with E-state index in [2.05, 4.69) is 10.3 Å². The Hall–Kier alpha value is -2.07. The topological polar surface area (TPSA) is 51.2 Å². The molecule has 0 saturated heterocycles. The van der Waals surface area contributed by atoms with Crippen molar-refractivity contribution < 1.29 is 9.53 Å². The first-order valence-electron chi connectivity index (χ1n) is 6.25. The highest BCUT2D eigenvalue weighted by atomic mass is 35.5. The summed E-state index contributed by atoms with van der Waals surface area (Å²) in [6.07, 6.45) is 1.88. The second-order valence-electron chi connectivity index (χ2n) is 4.25. The minimum absolute atomic E-state index is 0.140. The molecule has 0 aliphatic rings. The molecule has 20 heavy (non-hydrogen) atoms. The summed E-state index contributed by atoms with van der Waals surface area (Å²) >= 11 is 5.95. The first-order valence-corrected chi connectivity index (χ1v) is 6.63. The first-order chi connectivity index (χ1) is 9.66. The molecule has 4 nitrogen and oxygen atoms in total. The van der Waals surface area contributed by atoms with Gasteiger partial charge in [-0.3, -0.25) is 4.79 Å². The molecule has 0 unspecified atom stereocenters. The van der Waals surface area contributed by atoms with Crippen LogP contribution in [0.25, 0.3) is 0 Å². The number of carbonyl (C=O) groups excluding carboxylic acids is 1. The molecule has 0 fully saturated rings. The van der Waals surface area contributed by atoms with Gasteiger partial charge in [-0.25, -0.2) is 4.98 Å². The lowest BCUT2D eigenvalue weighted by Gasteiger charge is -2.09. The van der Waals surface area contributed by atoms with E-state index in [1.165, 1.54) is 0 Å². The second-order valence-corrected chi connectivity index (χ2v) is 4.65. The number of ether oxygens (including phenoxy) is 1. The number of para-hydroxylation sites is 1. The lowest BCUT2D eigenvalue weighted by atomic mass is 10.3. The van der Waals surface area contributed by atoms with Crippen molar-refractivity contribution in [3.63, 3.8) is 0 Å². The monoisotopic (exact) mass is 290 g/mol. The van der Waals surface area contributed by atoms with Crippen LogP contribution in [0.1, 0.15) is 12.0 Å². The molecule has 0 atom stereocenters. The van der Waals surface area contributed by atoms with Crippen LogP contribution < -0.4 is 10.1 Å². The summed E-state index contributed by atoms with van der Waals surface area (Å²) in [6, 6.07) is 10.9. The molecule has 5 heteroatoms. The van der Waals surface area contributed by atoms with Gasteiger partial charge in [0.1, 0.15) is 11.6 Å². The third-order valence-corrected chi connectivity index (χ3v) is 3.00. The average molecular weight is 291 g/mol. The zero-order chi connectivity index (χ0) is 14.4. The molecular weight excluding hydrogens is 276 g/mol. The van der Waals surface area contributed by atoms with Gasteiger partial charge in [-0.15, -0.1) is 0 Å². The Morgan fingerprint density at radius 1 is 1.30 bits per heavy atom. The third-order valence-electron chi connectivity index (χ3n) is 2.69. The minimum atomic E-state index is -0.140. The Kier molecular flexibility index (Phi) is 4.96. The van der Waals surface area contributed by atoms with Crippen LogP contribution in [0, 0.1) is 6.92 Å². The Morgan fingerprint density at radius 3 is 2.85 bits per heavy atom. The molecule has 1 amide bonds. The van der Waals surface area contributed by atoms with Crippen LogP contribution in [0.2, 0.25) is 5.02 Å². The fourth-order valence-electron chi connectivity index (χ4n) is 1.63. The molecule has 2 rings (SSSR count). The third kappa shape index (κ3) is 3.96. The number of hydrogen-bond acceptors (Lipinski definition) is 3. The normalized spacial score (nSPS) is 10.1. The van der Waals surface area contributed by atoms with Gasteiger partial charge < -0.3 is 10.1 Å². The van der Waals surface area contributed by atoms with Crippen LogP contribution in [0.15, 0.2) is 42.6 Å². The smallest absolute Gasteiger partial charge is 0.228 e. The lowest BCUT2D eigenvalue weighted by Crippen LogP contribution is -2.16. The van der Waals surface area contributed by atoms with Crippen molar-refractivity contribution in [2.24, 2.45) is 0 Å². The van der Waals surface area contributed by atoms with Gasteiger partial charge in [0.25, 0.3) is 0 Å². The highest BCUT2D eigenvalue weighted by Crippen LogP contribution is 2.23. The van der Waals surface area contributed by atoms with Crippen molar-refractivity contribution in [1.29, 1.82) is 0 Å². The number of nitrogens with one attached hydrogen (secondary N) is 1. The van der Waals surface area contributed by atoms with Gasteiger partial charge >= 0.3 is 0 Å². The van der Waals surface area contributed by atoms with Crippen molar-refractivity contribution in [1.82, 2.24) is 4.98 Å². The van der Waals surface area contributed by atoms with Gasteiger partial charge in [0.2, 0.25) is 5.91 Å². The van der Waals surface area contributed by atoms with Crippen molar-refractivity contribution in [2.45, 2.75) is 13.3 Å². The molecule has 0 spiro atoms. The van der Waals surface area contributed by atoms with E-state index in [1.807, 2.05) is 31.2 Å². The minimum Gasteiger partial charge on any atom is -0.491 e. The predicted octanol–water partition coefficient (Wildman–Crippen LogP) is 3.45. The van der Waals surface area contributed by atoms with Crippen molar-refractivity contribution >= 4 is 23.3 Å². The number of carbonyl (C=O) groups is 1. The number of rotatable bonds is 5. The average Bonchev–Trinajstić information content (AvgIpc) is 2.43. The number of amides is 1. The van der Waals surface area contributed by atoms with Gasteiger partial charge in [-0.2, -0.15) is 0 Å². The van der Waals surface area contributed by atoms with Crippen LogP contribution in [0.5, 0.6) is 5.75 Å². The molecule has 2 aromatic rings. The first kappa shape index (κ1) is 14.3. The Morgan fingerprint density at radius 2 is 2.10 bits per heavy atom. The molecule has 1 aromatic carbocycles. The lowest BCUT2D eigenvalue weighted by molar-refractivity contribution is -0.116. The Labute approximate surface area is 122 Å². The van der Waals surface area contributed by atoms with E-state index >= 15 is 0 Å². The number of halogens is 1. The molecule has 1 aromatic heterocycles. The van der Waals surface area contributed by atoms with Gasteiger partial charge in [-0.1, -0.05) is 29.8 Å². The van der Waals surface area contributed by atoms with E-state index in [0.717, 1.165) is 5.56 Å². The van der Waals surface area contributed by atoms with E-state index in [0.29, 0.717) is 16.6 Å². The molecule has 0 aliphatic heterocycles. The quantitative estimate of drug-likeness (QED) is 0.917. The number of hydrogen-bond donors (Lipinski definition) is 1. The molecule has 0 radical (unpaired) electrons. The summed E-state index contributed by atoms with van der Waals surface area (Å²) < 4.78 is 5.46. The molecule has 0 saturated carbocycles. The number of aromatic nitrogens is 1. The SMILES string of the molecule is Cc1cccnc1NC(=O)CCOc1ccccc1Cl. The van der Waals surface area contributed by atoms with Crippen LogP contribution in [0.4, 0.5) is 5.82 Å². The van der Waals surface area contributed by atoms with Crippen LogP contribution in [-0.2, 0) is 4.79 Å². The van der Waals surface area contributed by atoms with E-state index in [4.69, 9.17) is 16.3 Å². The van der Waals surface area contributed by atoms with Crippen LogP contribution in [0.3, 0.4) is 0 Å². The zero-order valence-electron chi connectivity index (χ0n) is 11.1. The maximum Gasteiger partial charge on any atom is 0.228 e. The van der Waals surface area contributed by atoms with E-state index in [9.17, 15) is 4.79 Å². The van der Waals surface area contributed by atoms with Gasteiger partial charge in [0.05, 0.1) is 18.1 Å². The Bertz CT molecular complexity index is 602. The van der Waals surface area contributed by atoms with Gasteiger partial charge in [0, 0.05) is 6.20 Å². The fourth-order valence-corrected chi connectivity index (χ4v) is 1.82. The standard InChI is InChI=1S/C15H15ClN2O2/c1-11-5-4-9-17-15(11)18-14(19)8-10-20-13-7-3-2-6-12(13)16/h2-7,9H,8,10H2,1H3,(H,17,18,19). The summed E-state index contributed by atoms with van der Waals surface area (Å²) in [5.74, 6) is 1.02. The van der Waals surface area contributed by atoms with Crippen molar-refractivity contribution in [3.8, 4) is 5.75 Å².